The van der Waals surface area contributed by atoms with Crippen LogP contribution in [0.1, 0.15) is 10.4 Å². The number of aromatic nitrogens is 1. The number of nitrogens with one attached hydrogen (secondary N) is 2. The monoisotopic (exact) mass is 379 g/mol. The Hall–Kier alpha value is -3.49. The number of hydrogen-bond acceptors (Lipinski definition) is 3. The van der Waals surface area contributed by atoms with E-state index in [-0.39, 0.29) is 17.2 Å². The molecule has 0 unspecified atom stereocenters. The van der Waals surface area contributed by atoms with Crippen LogP contribution in [-0.2, 0) is 0 Å². The average Bonchev–Trinajstić information content (AvgIpc) is 2.64. The number of amides is 1. The predicted octanol–water partition coefficient (Wildman–Crippen LogP) is 4.77. The number of benzene rings is 2. The summed E-state index contributed by atoms with van der Waals surface area (Å²) in [5.41, 5.74) is -0.264. The topological polar surface area (TPSA) is 54.0 Å². The number of carbonyl (C=O) groups is 1. The van der Waals surface area contributed by atoms with E-state index in [1.54, 1.807) is 0 Å². The molecule has 3 aromatic rings. The highest BCUT2D eigenvalue weighted by Crippen LogP contribution is 2.20. The van der Waals surface area contributed by atoms with Crippen LogP contribution in [0.25, 0.3) is 0 Å². The van der Waals surface area contributed by atoms with Crippen LogP contribution in [0.4, 0.5) is 39.1 Å². The third-order valence-corrected chi connectivity index (χ3v) is 3.49. The summed E-state index contributed by atoms with van der Waals surface area (Å²) in [5, 5.41) is 5.01. The number of carbonyl (C=O) groups excluding carboxylic acids is 1. The maximum absolute atomic E-state index is 13.6. The van der Waals surface area contributed by atoms with Gasteiger partial charge in [-0.1, -0.05) is 0 Å². The second-order valence-corrected chi connectivity index (χ2v) is 5.36. The molecule has 1 aromatic heterocycles. The van der Waals surface area contributed by atoms with Crippen molar-refractivity contribution in [2.45, 2.75) is 0 Å². The maximum atomic E-state index is 13.6. The third kappa shape index (κ3) is 4.02. The van der Waals surface area contributed by atoms with Crippen molar-refractivity contribution in [2.75, 3.05) is 10.6 Å². The largest absolute Gasteiger partial charge is 0.340 e. The van der Waals surface area contributed by atoms with Crippen LogP contribution in [-0.4, -0.2) is 10.9 Å². The van der Waals surface area contributed by atoms with E-state index in [0.29, 0.717) is 6.07 Å². The van der Waals surface area contributed by atoms with Crippen LogP contribution in [0.2, 0.25) is 0 Å². The zero-order chi connectivity index (χ0) is 19.6. The van der Waals surface area contributed by atoms with Crippen LogP contribution in [0.3, 0.4) is 0 Å². The van der Waals surface area contributed by atoms with Crippen molar-refractivity contribution in [1.29, 1.82) is 0 Å². The molecule has 0 aliphatic rings. The summed E-state index contributed by atoms with van der Waals surface area (Å²) in [6.45, 7) is 0. The number of anilines is 3. The van der Waals surface area contributed by atoms with E-state index in [1.165, 1.54) is 24.4 Å². The fourth-order valence-electron chi connectivity index (χ4n) is 2.16. The zero-order valence-electron chi connectivity index (χ0n) is 13.4. The highest BCUT2D eigenvalue weighted by molar-refractivity contribution is 6.04. The van der Waals surface area contributed by atoms with Crippen LogP contribution >= 0.6 is 0 Å². The smallest absolute Gasteiger partial charge is 0.258 e. The second kappa shape index (κ2) is 7.40. The Labute approximate surface area is 149 Å². The van der Waals surface area contributed by atoms with E-state index in [0.717, 1.165) is 18.2 Å². The van der Waals surface area contributed by atoms with Gasteiger partial charge in [0.2, 0.25) is 0 Å². The number of hydrogen-bond donors (Lipinski definition) is 2. The van der Waals surface area contributed by atoms with Gasteiger partial charge in [0.1, 0.15) is 5.82 Å². The Morgan fingerprint density at radius 1 is 0.778 bits per heavy atom. The summed E-state index contributed by atoms with van der Waals surface area (Å²) < 4.78 is 65.8. The first-order valence-corrected chi connectivity index (χ1v) is 7.48. The molecule has 27 heavy (non-hydrogen) atoms. The molecule has 0 spiro atoms. The van der Waals surface area contributed by atoms with E-state index in [1.807, 2.05) is 0 Å². The van der Waals surface area contributed by atoms with Gasteiger partial charge in [0.25, 0.3) is 5.91 Å². The number of nitrogens with zero attached hydrogens (tertiary/aromatic N) is 1. The third-order valence-electron chi connectivity index (χ3n) is 3.49. The van der Waals surface area contributed by atoms with Crippen molar-refractivity contribution >= 4 is 23.1 Å². The zero-order valence-corrected chi connectivity index (χ0v) is 13.4. The quantitative estimate of drug-likeness (QED) is 0.507. The molecule has 4 nitrogen and oxygen atoms in total. The molecule has 0 saturated carbocycles. The van der Waals surface area contributed by atoms with E-state index < -0.39 is 40.6 Å². The molecule has 0 atom stereocenters. The van der Waals surface area contributed by atoms with Crippen LogP contribution < -0.4 is 10.6 Å². The molecule has 0 radical (unpaired) electrons. The minimum Gasteiger partial charge on any atom is -0.340 e. The Kier molecular flexibility index (Phi) is 5.02. The lowest BCUT2D eigenvalue weighted by atomic mass is 10.2. The Bertz CT molecular complexity index is 1010. The number of rotatable bonds is 4. The molecular formula is C18H10F5N3O. The van der Waals surface area contributed by atoms with Gasteiger partial charge in [-0.05, 0) is 36.4 Å². The molecule has 0 aliphatic carbocycles. The van der Waals surface area contributed by atoms with E-state index in [4.69, 9.17) is 0 Å². The molecule has 2 N–H and O–H groups in total. The minimum absolute atomic E-state index is 0.153. The number of pyridine rings is 1. The summed E-state index contributed by atoms with van der Waals surface area (Å²) in [7, 11) is 0. The molecule has 0 bridgehead atoms. The van der Waals surface area contributed by atoms with Crippen molar-refractivity contribution < 1.29 is 26.7 Å². The van der Waals surface area contributed by atoms with Crippen molar-refractivity contribution in [3.05, 3.63) is 83.3 Å². The molecular weight excluding hydrogens is 369 g/mol. The average molecular weight is 379 g/mol. The molecule has 1 heterocycles. The second-order valence-electron chi connectivity index (χ2n) is 5.36. The minimum atomic E-state index is -1.74. The highest BCUT2D eigenvalue weighted by atomic mass is 19.2. The lowest BCUT2D eigenvalue weighted by Gasteiger charge is -2.09. The van der Waals surface area contributed by atoms with Crippen molar-refractivity contribution in [2.24, 2.45) is 0 Å². The van der Waals surface area contributed by atoms with Crippen LogP contribution in [0.5, 0.6) is 0 Å². The molecule has 2 aromatic carbocycles. The normalized spacial score (nSPS) is 10.6. The van der Waals surface area contributed by atoms with Gasteiger partial charge in [-0.25, -0.2) is 26.9 Å². The lowest BCUT2D eigenvalue weighted by Crippen LogP contribution is -2.15. The van der Waals surface area contributed by atoms with Gasteiger partial charge in [-0.15, -0.1) is 0 Å². The molecule has 0 aliphatic heterocycles. The van der Waals surface area contributed by atoms with Gasteiger partial charge >= 0.3 is 0 Å². The summed E-state index contributed by atoms with van der Waals surface area (Å²) in [4.78, 5) is 15.9. The summed E-state index contributed by atoms with van der Waals surface area (Å²) in [5.74, 6) is -7.50. The van der Waals surface area contributed by atoms with Gasteiger partial charge in [0, 0.05) is 11.8 Å². The first-order valence-electron chi connectivity index (χ1n) is 7.48. The molecule has 1 amide bonds. The van der Waals surface area contributed by atoms with Gasteiger partial charge in [0.15, 0.2) is 29.1 Å². The Morgan fingerprint density at radius 2 is 1.48 bits per heavy atom. The highest BCUT2D eigenvalue weighted by Gasteiger charge is 2.19. The molecule has 0 saturated heterocycles. The predicted molar refractivity (Wildman–Crippen MR) is 88.1 cm³/mol. The van der Waals surface area contributed by atoms with E-state index >= 15 is 0 Å². The summed E-state index contributed by atoms with van der Waals surface area (Å²) >= 11 is 0. The first-order chi connectivity index (χ1) is 12.8. The molecule has 0 fully saturated rings. The maximum Gasteiger partial charge on any atom is 0.258 e. The lowest BCUT2D eigenvalue weighted by molar-refractivity contribution is 0.102. The molecule has 138 valence electrons. The van der Waals surface area contributed by atoms with Gasteiger partial charge in [-0.3, -0.25) is 4.79 Å². The van der Waals surface area contributed by atoms with Crippen LogP contribution in [0.15, 0.2) is 48.7 Å². The van der Waals surface area contributed by atoms with Crippen molar-refractivity contribution in [1.82, 2.24) is 4.98 Å². The Morgan fingerprint density at radius 3 is 2.15 bits per heavy atom. The SMILES string of the molecule is O=C(Nc1ccc(Nc2ccc(F)c(F)c2)nc1)c1ccc(F)c(F)c1F. The van der Waals surface area contributed by atoms with Gasteiger partial charge in [0.05, 0.1) is 17.4 Å². The van der Waals surface area contributed by atoms with Crippen LogP contribution in [0, 0.1) is 29.1 Å². The first kappa shape index (κ1) is 18.3. The fraction of sp³-hybridized carbons (Fsp3) is 0. The van der Waals surface area contributed by atoms with Gasteiger partial charge in [-0.2, -0.15) is 0 Å². The number of halogens is 5. The van der Waals surface area contributed by atoms with E-state index in [9.17, 15) is 26.7 Å². The van der Waals surface area contributed by atoms with Crippen molar-refractivity contribution in [3.8, 4) is 0 Å². The summed E-state index contributed by atoms with van der Waals surface area (Å²) in [6.07, 6.45) is 1.21. The summed E-state index contributed by atoms with van der Waals surface area (Å²) in [6, 6.07) is 7.46. The standard InChI is InChI=1S/C18H10F5N3O/c19-12-4-1-9(7-14(12)21)25-15-6-2-10(8-24-15)26-18(27)11-3-5-13(20)17(23)16(11)22/h1-8H,(H,24,25)(H,26,27). The fourth-order valence-corrected chi connectivity index (χ4v) is 2.16. The van der Waals surface area contributed by atoms with Gasteiger partial charge < -0.3 is 10.6 Å². The van der Waals surface area contributed by atoms with E-state index in [2.05, 4.69) is 15.6 Å². The Balaban J connectivity index is 1.71. The molecule has 3 rings (SSSR count). The van der Waals surface area contributed by atoms with Crippen molar-refractivity contribution in [3.63, 3.8) is 0 Å². The molecule has 9 heteroatoms.